The van der Waals surface area contributed by atoms with Crippen molar-refractivity contribution in [2.45, 2.75) is 10.6 Å². The minimum atomic E-state index is -4.12. The normalized spacial score (nSPS) is 12.0. The smallest absolute Gasteiger partial charge is 0.219 e. The average molecular weight is 459 g/mol. The fourth-order valence-electron chi connectivity index (χ4n) is 2.56. The molecule has 0 heterocycles. The molecular formula is C22H16ClFN2O2S2. The number of hydrogen-bond donors (Lipinski definition) is 1. The van der Waals surface area contributed by atoms with Crippen LogP contribution in [0.25, 0.3) is 0 Å². The highest BCUT2D eigenvalue weighted by Gasteiger charge is 2.26. The number of para-hydroxylation sites is 1. The Kier molecular flexibility index (Phi) is 7.16. The van der Waals surface area contributed by atoms with Crippen LogP contribution in [0.5, 0.6) is 0 Å². The summed E-state index contributed by atoms with van der Waals surface area (Å²) in [4.78, 5) is -0.512. The van der Waals surface area contributed by atoms with E-state index in [1.54, 1.807) is 54.6 Å². The third-order valence-electron chi connectivity index (χ3n) is 4.08. The zero-order valence-corrected chi connectivity index (χ0v) is 17.9. The van der Waals surface area contributed by atoms with E-state index in [-0.39, 0.29) is 21.4 Å². The zero-order chi connectivity index (χ0) is 21.6. The standard InChI is InChI=1S/C22H16ClFN2O2S2/c23-18-11-5-4-8-16(18)15-29-22(26-20-13-7-6-12-19(20)24)21(14-25)30(27,28)17-9-2-1-3-10-17/h1-13,26H,15H2. The highest BCUT2D eigenvalue weighted by Crippen LogP contribution is 2.33. The lowest BCUT2D eigenvalue weighted by atomic mass is 10.2. The number of anilines is 1. The predicted octanol–water partition coefficient (Wildman–Crippen LogP) is 5.99. The van der Waals surface area contributed by atoms with Gasteiger partial charge in [-0.2, -0.15) is 5.26 Å². The van der Waals surface area contributed by atoms with Crippen LogP contribution in [0.15, 0.2) is 93.7 Å². The fourth-order valence-corrected chi connectivity index (χ4v) is 5.42. The molecular weight excluding hydrogens is 443 g/mol. The molecule has 0 atom stereocenters. The van der Waals surface area contributed by atoms with Gasteiger partial charge in [0.1, 0.15) is 16.9 Å². The molecule has 4 nitrogen and oxygen atoms in total. The first kappa shape index (κ1) is 21.9. The second-order valence-electron chi connectivity index (χ2n) is 6.07. The molecule has 0 aliphatic rings. The highest BCUT2D eigenvalue weighted by atomic mass is 35.5. The lowest BCUT2D eigenvalue weighted by Crippen LogP contribution is -2.11. The second kappa shape index (κ2) is 9.81. The maximum atomic E-state index is 14.2. The van der Waals surface area contributed by atoms with Gasteiger partial charge in [-0.15, -0.1) is 11.8 Å². The van der Waals surface area contributed by atoms with Crippen molar-refractivity contribution in [3.8, 4) is 6.07 Å². The van der Waals surface area contributed by atoms with Gasteiger partial charge in [-0.1, -0.05) is 60.1 Å². The quantitative estimate of drug-likeness (QED) is 0.440. The molecule has 30 heavy (non-hydrogen) atoms. The van der Waals surface area contributed by atoms with Crippen molar-refractivity contribution >= 4 is 38.9 Å². The molecule has 0 amide bonds. The summed E-state index contributed by atoms with van der Waals surface area (Å²) >= 11 is 7.26. The van der Waals surface area contributed by atoms with Gasteiger partial charge in [0, 0.05) is 10.8 Å². The van der Waals surface area contributed by atoms with Crippen molar-refractivity contribution in [2.24, 2.45) is 0 Å². The SMILES string of the molecule is N#CC(=C(Nc1ccccc1F)SCc1ccccc1Cl)S(=O)(=O)c1ccccc1. The van der Waals surface area contributed by atoms with E-state index in [9.17, 15) is 18.1 Å². The number of rotatable bonds is 7. The fraction of sp³-hybridized carbons (Fsp3) is 0.0455. The number of nitrogens with zero attached hydrogens (tertiary/aromatic N) is 1. The van der Waals surface area contributed by atoms with E-state index in [0.29, 0.717) is 5.02 Å². The van der Waals surface area contributed by atoms with Crippen molar-refractivity contribution in [1.82, 2.24) is 0 Å². The molecule has 0 aromatic heterocycles. The predicted molar refractivity (Wildman–Crippen MR) is 119 cm³/mol. The van der Waals surface area contributed by atoms with Gasteiger partial charge >= 0.3 is 0 Å². The number of allylic oxidation sites excluding steroid dienone is 1. The van der Waals surface area contributed by atoms with E-state index in [1.165, 1.54) is 30.3 Å². The number of hydrogen-bond acceptors (Lipinski definition) is 5. The monoisotopic (exact) mass is 458 g/mol. The molecule has 0 spiro atoms. The van der Waals surface area contributed by atoms with Crippen LogP contribution in [0, 0.1) is 17.1 Å². The van der Waals surface area contributed by atoms with Crippen LogP contribution < -0.4 is 5.32 Å². The van der Waals surface area contributed by atoms with Crippen LogP contribution in [0.4, 0.5) is 10.1 Å². The van der Waals surface area contributed by atoms with E-state index in [0.717, 1.165) is 17.3 Å². The largest absolute Gasteiger partial charge is 0.346 e. The van der Waals surface area contributed by atoms with Gasteiger partial charge in [0.05, 0.1) is 10.6 Å². The molecule has 0 aliphatic heterocycles. The number of halogens is 2. The summed E-state index contributed by atoms with van der Waals surface area (Å²) < 4.78 is 40.4. The van der Waals surface area contributed by atoms with Crippen LogP contribution in [0.3, 0.4) is 0 Å². The van der Waals surface area contributed by atoms with Gasteiger partial charge in [0.2, 0.25) is 9.84 Å². The molecule has 3 aromatic rings. The van der Waals surface area contributed by atoms with E-state index < -0.39 is 20.6 Å². The third kappa shape index (κ3) is 5.03. The van der Waals surface area contributed by atoms with Gasteiger partial charge in [0.15, 0.2) is 4.91 Å². The molecule has 0 aliphatic carbocycles. The Morgan fingerprint density at radius 2 is 1.63 bits per heavy atom. The molecule has 0 saturated carbocycles. The molecule has 0 radical (unpaired) electrons. The Balaban J connectivity index is 2.07. The molecule has 3 rings (SSSR count). The maximum Gasteiger partial charge on any atom is 0.219 e. The minimum absolute atomic E-state index is 0.0198. The molecule has 1 N–H and O–H groups in total. The first-order valence-corrected chi connectivity index (χ1v) is 11.6. The van der Waals surface area contributed by atoms with Crippen molar-refractivity contribution in [3.05, 3.63) is 105 Å². The third-order valence-corrected chi connectivity index (χ3v) is 7.36. The van der Waals surface area contributed by atoms with E-state index in [2.05, 4.69) is 5.32 Å². The lowest BCUT2D eigenvalue weighted by molar-refractivity contribution is 0.603. The molecule has 0 saturated heterocycles. The van der Waals surface area contributed by atoms with Crippen LogP contribution in [-0.4, -0.2) is 8.42 Å². The summed E-state index contributed by atoms with van der Waals surface area (Å²) in [6, 6.07) is 22.4. The molecule has 8 heteroatoms. The lowest BCUT2D eigenvalue weighted by Gasteiger charge is -2.15. The molecule has 0 bridgehead atoms. The van der Waals surface area contributed by atoms with Crippen LogP contribution in [0.2, 0.25) is 5.02 Å². The topological polar surface area (TPSA) is 70.0 Å². The Hall–Kier alpha value is -2.79. The number of nitriles is 1. The van der Waals surface area contributed by atoms with E-state index >= 15 is 0 Å². The second-order valence-corrected chi connectivity index (χ2v) is 9.35. The molecule has 0 unspecified atom stereocenters. The number of sulfone groups is 1. The molecule has 0 fully saturated rings. The highest BCUT2D eigenvalue weighted by molar-refractivity contribution is 8.04. The summed E-state index contributed by atoms with van der Waals surface area (Å²) in [7, 11) is -4.12. The molecule has 152 valence electrons. The Morgan fingerprint density at radius 1 is 1.00 bits per heavy atom. The van der Waals surface area contributed by atoms with E-state index in [1.807, 2.05) is 0 Å². The average Bonchev–Trinajstić information content (AvgIpc) is 2.75. The number of thioether (sulfide) groups is 1. The van der Waals surface area contributed by atoms with Crippen molar-refractivity contribution < 1.29 is 12.8 Å². The summed E-state index contributed by atoms with van der Waals surface area (Å²) in [5, 5.41) is 13.1. The van der Waals surface area contributed by atoms with Gasteiger partial charge in [-0.05, 0) is 35.9 Å². The van der Waals surface area contributed by atoms with Crippen molar-refractivity contribution in [1.29, 1.82) is 5.26 Å². The first-order chi connectivity index (χ1) is 14.4. The number of benzene rings is 3. The van der Waals surface area contributed by atoms with Crippen LogP contribution in [-0.2, 0) is 15.6 Å². The van der Waals surface area contributed by atoms with Gasteiger partial charge < -0.3 is 5.32 Å². The minimum Gasteiger partial charge on any atom is -0.346 e. The summed E-state index contributed by atoms with van der Waals surface area (Å²) in [5.74, 6) is -0.283. The maximum absolute atomic E-state index is 14.2. The van der Waals surface area contributed by atoms with Gasteiger partial charge in [0.25, 0.3) is 0 Å². The van der Waals surface area contributed by atoms with Gasteiger partial charge in [-0.3, -0.25) is 0 Å². The van der Waals surface area contributed by atoms with Gasteiger partial charge in [-0.25, -0.2) is 12.8 Å². The number of nitrogens with one attached hydrogen (secondary N) is 1. The Labute approximate surface area is 183 Å². The zero-order valence-electron chi connectivity index (χ0n) is 15.5. The summed E-state index contributed by atoms with van der Waals surface area (Å²) in [6.45, 7) is 0. The van der Waals surface area contributed by atoms with Crippen molar-refractivity contribution in [3.63, 3.8) is 0 Å². The van der Waals surface area contributed by atoms with E-state index in [4.69, 9.17) is 11.6 Å². The summed E-state index contributed by atoms with van der Waals surface area (Å²) in [5.41, 5.74) is 0.821. The molecule has 3 aromatic carbocycles. The summed E-state index contributed by atoms with van der Waals surface area (Å²) in [6.07, 6.45) is 0. The van der Waals surface area contributed by atoms with Crippen LogP contribution >= 0.6 is 23.4 Å². The van der Waals surface area contributed by atoms with Crippen molar-refractivity contribution in [2.75, 3.05) is 5.32 Å². The van der Waals surface area contributed by atoms with Crippen LogP contribution in [0.1, 0.15) is 5.56 Å². The Morgan fingerprint density at radius 3 is 2.30 bits per heavy atom. The first-order valence-electron chi connectivity index (χ1n) is 8.75. The Bertz CT molecular complexity index is 1220.